The maximum absolute atomic E-state index is 6.28. The number of aromatic nitrogens is 1. The molecular weight excluding hydrogens is 346 g/mol. The van der Waals surface area contributed by atoms with Crippen LogP contribution in [0.25, 0.3) is 0 Å². The zero-order valence-corrected chi connectivity index (χ0v) is 16.1. The van der Waals surface area contributed by atoms with Crippen LogP contribution in [0, 0.1) is 6.92 Å². The van der Waals surface area contributed by atoms with E-state index in [-0.39, 0.29) is 0 Å². The van der Waals surface area contributed by atoms with Crippen molar-refractivity contribution < 1.29 is 0 Å². The molecule has 0 bridgehead atoms. The number of halogens is 1. The van der Waals surface area contributed by atoms with E-state index in [1.165, 1.54) is 11.1 Å². The van der Waals surface area contributed by atoms with Crippen LogP contribution in [-0.4, -0.2) is 36.6 Å². The average molecular weight is 372 g/mol. The van der Waals surface area contributed by atoms with E-state index >= 15 is 0 Å². The van der Waals surface area contributed by atoms with Gasteiger partial charge in [0, 0.05) is 31.9 Å². The molecule has 1 aliphatic heterocycles. The van der Waals surface area contributed by atoms with Crippen LogP contribution < -0.4 is 15.5 Å². The highest BCUT2D eigenvalue weighted by Gasteiger charge is 2.25. The lowest BCUT2D eigenvalue weighted by atomic mass is 10.1. The lowest BCUT2D eigenvalue weighted by molar-refractivity contribution is 0.648. The van der Waals surface area contributed by atoms with Crippen LogP contribution >= 0.6 is 11.6 Å². The van der Waals surface area contributed by atoms with E-state index in [2.05, 4.69) is 58.6 Å². The van der Waals surface area contributed by atoms with Crippen molar-refractivity contribution in [1.29, 1.82) is 0 Å². The summed E-state index contributed by atoms with van der Waals surface area (Å²) in [7, 11) is 0. The molecule has 138 valence electrons. The number of aliphatic imine (C=N–C) groups is 1. The van der Waals surface area contributed by atoms with Gasteiger partial charge in [-0.15, -0.1) is 0 Å². The van der Waals surface area contributed by atoms with E-state index in [1.54, 1.807) is 6.20 Å². The van der Waals surface area contributed by atoms with Gasteiger partial charge >= 0.3 is 0 Å². The van der Waals surface area contributed by atoms with Crippen molar-refractivity contribution in [3.63, 3.8) is 0 Å². The van der Waals surface area contributed by atoms with E-state index in [4.69, 9.17) is 16.6 Å². The summed E-state index contributed by atoms with van der Waals surface area (Å²) in [4.78, 5) is 11.4. The number of hydrogen-bond acceptors (Lipinski definition) is 3. The number of rotatable bonds is 5. The first-order valence-electron chi connectivity index (χ1n) is 9.12. The highest BCUT2D eigenvalue weighted by atomic mass is 35.5. The summed E-state index contributed by atoms with van der Waals surface area (Å²) in [6, 6.07) is 12.4. The summed E-state index contributed by atoms with van der Waals surface area (Å²) in [6.07, 6.45) is 2.82. The van der Waals surface area contributed by atoms with Gasteiger partial charge < -0.3 is 15.5 Å². The molecule has 0 radical (unpaired) electrons. The van der Waals surface area contributed by atoms with Crippen LogP contribution in [-0.2, 0) is 6.54 Å². The maximum atomic E-state index is 6.28. The van der Waals surface area contributed by atoms with Crippen molar-refractivity contribution >= 4 is 23.4 Å². The largest absolute Gasteiger partial charge is 0.357 e. The molecule has 0 saturated carbocycles. The molecule has 0 amide bonds. The van der Waals surface area contributed by atoms with Crippen LogP contribution in [0.4, 0.5) is 5.82 Å². The minimum absolute atomic E-state index is 0.322. The summed E-state index contributed by atoms with van der Waals surface area (Å²) in [5.41, 5.74) is 2.52. The molecule has 2 aromatic rings. The van der Waals surface area contributed by atoms with E-state index in [0.29, 0.717) is 17.6 Å². The Balaban J connectivity index is 1.63. The van der Waals surface area contributed by atoms with Crippen molar-refractivity contribution in [3.8, 4) is 0 Å². The number of benzene rings is 1. The van der Waals surface area contributed by atoms with Gasteiger partial charge in [0.2, 0.25) is 0 Å². The molecule has 1 aromatic carbocycles. The van der Waals surface area contributed by atoms with Crippen molar-refractivity contribution in [2.45, 2.75) is 32.9 Å². The molecule has 0 spiro atoms. The number of hydrogen-bond donors (Lipinski definition) is 2. The lowest BCUT2D eigenvalue weighted by Crippen LogP contribution is -2.44. The second-order valence-corrected chi connectivity index (χ2v) is 6.91. The zero-order valence-electron chi connectivity index (χ0n) is 15.4. The minimum atomic E-state index is 0.322. The number of pyridine rings is 1. The molecule has 1 fully saturated rings. The van der Waals surface area contributed by atoms with Gasteiger partial charge in [-0.25, -0.2) is 9.98 Å². The Morgan fingerprint density at radius 3 is 2.92 bits per heavy atom. The molecule has 2 heterocycles. The van der Waals surface area contributed by atoms with Crippen molar-refractivity contribution in [2.75, 3.05) is 24.5 Å². The van der Waals surface area contributed by atoms with Gasteiger partial charge in [-0.05, 0) is 43.5 Å². The average Bonchev–Trinajstić information content (AvgIpc) is 3.10. The summed E-state index contributed by atoms with van der Waals surface area (Å²) in [6.45, 7) is 7.51. The number of anilines is 1. The second-order valence-electron chi connectivity index (χ2n) is 6.51. The zero-order chi connectivity index (χ0) is 18.4. The molecule has 2 N–H and O–H groups in total. The summed E-state index contributed by atoms with van der Waals surface area (Å²) in [5.74, 6) is 1.72. The fourth-order valence-electron chi connectivity index (χ4n) is 3.15. The van der Waals surface area contributed by atoms with Crippen LogP contribution in [0.3, 0.4) is 0 Å². The highest BCUT2D eigenvalue weighted by molar-refractivity contribution is 6.32. The molecule has 1 aromatic heterocycles. The standard InChI is InChI=1S/C20H26ClN5/c1-3-22-20(24-13-16-8-5-4-7-15(16)2)25-17-10-12-26(14-17)19-18(21)9-6-11-23-19/h4-9,11,17H,3,10,12-14H2,1-2H3,(H2,22,24,25). The number of aryl methyl sites for hydroxylation is 1. The Hall–Kier alpha value is -2.27. The third kappa shape index (κ3) is 4.67. The van der Waals surface area contributed by atoms with Gasteiger partial charge in [0.25, 0.3) is 0 Å². The molecule has 1 saturated heterocycles. The molecule has 5 nitrogen and oxygen atoms in total. The summed E-state index contributed by atoms with van der Waals surface area (Å²) >= 11 is 6.28. The molecule has 3 rings (SSSR count). The monoisotopic (exact) mass is 371 g/mol. The molecule has 6 heteroatoms. The maximum Gasteiger partial charge on any atom is 0.191 e. The van der Waals surface area contributed by atoms with Crippen molar-refractivity contribution in [1.82, 2.24) is 15.6 Å². The third-order valence-corrected chi connectivity index (χ3v) is 4.88. The van der Waals surface area contributed by atoms with Gasteiger partial charge in [-0.2, -0.15) is 0 Å². The SMILES string of the molecule is CCNC(=NCc1ccccc1C)NC1CCN(c2ncccc2Cl)C1. The molecule has 1 unspecified atom stereocenters. The van der Waals surface area contributed by atoms with E-state index < -0.39 is 0 Å². The highest BCUT2D eigenvalue weighted by Crippen LogP contribution is 2.25. The lowest BCUT2D eigenvalue weighted by Gasteiger charge is -2.20. The fraction of sp³-hybridized carbons (Fsp3) is 0.400. The molecule has 26 heavy (non-hydrogen) atoms. The van der Waals surface area contributed by atoms with E-state index in [9.17, 15) is 0 Å². The Morgan fingerprint density at radius 2 is 2.15 bits per heavy atom. The van der Waals surface area contributed by atoms with Crippen LogP contribution in [0.1, 0.15) is 24.5 Å². The number of nitrogens with zero attached hydrogens (tertiary/aromatic N) is 3. The van der Waals surface area contributed by atoms with E-state index in [0.717, 1.165) is 37.8 Å². The van der Waals surface area contributed by atoms with Crippen LogP contribution in [0.2, 0.25) is 5.02 Å². The van der Waals surface area contributed by atoms with E-state index in [1.807, 2.05) is 12.1 Å². The molecule has 1 aliphatic rings. The van der Waals surface area contributed by atoms with Gasteiger partial charge in [-0.1, -0.05) is 35.9 Å². The first kappa shape index (κ1) is 18.5. The Kier molecular flexibility index (Phi) is 6.34. The minimum Gasteiger partial charge on any atom is -0.357 e. The van der Waals surface area contributed by atoms with Crippen LogP contribution in [0.15, 0.2) is 47.6 Å². The predicted molar refractivity (Wildman–Crippen MR) is 109 cm³/mol. The predicted octanol–water partition coefficient (Wildman–Crippen LogP) is 3.38. The van der Waals surface area contributed by atoms with Gasteiger partial charge in [-0.3, -0.25) is 0 Å². The summed E-state index contributed by atoms with van der Waals surface area (Å²) < 4.78 is 0. The summed E-state index contributed by atoms with van der Waals surface area (Å²) in [5, 5.41) is 7.60. The topological polar surface area (TPSA) is 52.6 Å². The molecular formula is C20H26ClN5. The third-order valence-electron chi connectivity index (χ3n) is 4.58. The Morgan fingerprint density at radius 1 is 1.31 bits per heavy atom. The fourth-order valence-corrected chi connectivity index (χ4v) is 3.39. The first-order valence-corrected chi connectivity index (χ1v) is 9.50. The Bertz CT molecular complexity index is 761. The quantitative estimate of drug-likeness (QED) is 0.625. The van der Waals surface area contributed by atoms with Gasteiger partial charge in [0.15, 0.2) is 5.96 Å². The van der Waals surface area contributed by atoms with Crippen molar-refractivity contribution in [3.05, 3.63) is 58.7 Å². The molecule has 0 aliphatic carbocycles. The smallest absolute Gasteiger partial charge is 0.191 e. The normalized spacial score (nSPS) is 17.4. The number of nitrogens with one attached hydrogen (secondary N) is 2. The number of guanidine groups is 1. The van der Waals surface area contributed by atoms with Crippen molar-refractivity contribution in [2.24, 2.45) is 4.99 Å². The van der Waals surface area contributed by atoms with Gasteiger partial charge in [0.1, 0.15) is 5.82 Å². The molecule has 1 atom stereocenters. The second kappa shape index (κ2) is 8.90. The van der Waals surface area contributed by atoms with Gasteiger partial charge in [0.05, 0.1) is 11.6 Å². The van der Waals surface area contributed by atoms with Crippen LogP contribution in [0.5, 0.6) is 0 Å². The first-order chi connectivity index (χ1) is 12.7. The Labute approximate surface area is 160 Å².